The van der Waals surface area contributed by atoms with Crippen LogP contribution in [-0.4, -0.2) is 25.7 Å². The first-order valence-corrected chi connectivity index (χ1v) is 7.33. The van der Waals surface area contributed by atoms with Gasteiger partial charge in [0.15, 0.2) is 9.84 Å². The molecule has 0 unspecified atom stereocenters. The first-order chi connectivity index (χ1) is 6.64. The molecule has 0 N–H and O–H groups in total. The van der Waals surface area contributed by atoms with Crippen LogP contribution in [0.25, 0.3) is 0 Å². The van der Waals surface area contributed by atoms with Gasteiger partial charge in [-0.2, -0.15) is 0 Å². The molecule has 0 amide bonds. The van der Waals surface area contributed by atoms with E-state index < -0.39 is 9.84 Å². The van der Waals surface area contributed by atoms with E-state index in [4.69, 9.17) is 0 Å². The van der Waals surface area contributed by atoms with E-state index in [0.29, 0.717) is 5.75 Å². The summed E-state index contributed by atoms with van der Waals surface area (Å²) >= 11 is 1.58. The highest BCUT2D eigenvalue weighted by Crippen LogP contribution is 2.16. The molecule has 4 heteroatoms. The molecular formula is C10H14O2S2. The lowest BCUT2D eigenvalue weighted by Gasteiger charge is -2.01. The van der Waals surface area contributed by atoms with Crippen LogP contribution in [-0.2, 0) is 9.84 Å². The highest BCUT2D eigenvalue weighted by molar-refractivity contribution is 8.00. The van der Waals surface area contributed by atoms with Gasteiger partial charge in [-0.1, -0.05) is 25.1 Å². The normalized spacial score (nSPS) is 11.5. The van der Waals surface area contributed by atoms with Gasteiger partial charge < -0.3 is 0 Å². The molecule has 1 aromatic carbocycles. The number of thioether (sulfide) groups is 1. The zero-order valence-corrected chi connectivity index (χ0v) is 9.77. The van der Waals surface area contributed by atoms with Crippen LogP contribution in [0.15, 0.2) is 35.2 Å². The molecule has 0 atom stereocenters. The topological polar surface area (TPSA) is 34.1 Å². The molecule has 14 heavy (non-hydrogen) atoms. The smallest absolute Gasteiger partial charge is 0.150 e. The van der Waals surface area contributed by atoms with Gasteiger partial charge in [-0.25, -0.2) is 8.42 Å². The summed E-state index contributed by atoms with van der Waals surface area (Å²) in [5.74, 6) is 1.14. The molecule has 0 bridgehead atoms. The lowest BCUT2D eigenvalue weighted by molar-refractivity contribution is 0.599. The number of hydrogen-bond donors (Lipinski definition) is 0. The third-order valence-electron chi connectivity index (χ3n) is 1.85. The Morgan fingerprint density at radius 3 is 2.43 bits per heavy atom. The first-order valence-electron chi connectivity index (χ1n) is 4.52. The fourth-order valence-electron chi connectivity index (χ4n) is 0.948. The molecule has 78 valence electrons. The molecule has 1 rings (SSSR count). The van der Waals surface area contributed by atoms with E-state index in [-0.39, 0.29) is 11.5 Å². The minimum absolute atomic E-state index is 0.238. The van der Waals surface area contributed by atoms with Crippen LogP contribution >= 0.6 is 11.8 Å². The zero-order valence-electron chi connectivity index (χ0n) is 8.14. The monoisotopic (exact) mass is 230 g/mol. The molecule has 1 aromatic rings. The SMILES string of the molecule is CCS(=O)(=O)CCSc1ccccc1. The highest BCUT2D eigenvalue weighted by atomic mass is 32.2. The predicted molar refractivity (Wildman–Crippen MR) is 61.5 cm³/mol. The Bertz CT molecular complexity index is 357. The number of hydrogen-bond acceptors (Lipinski definition) is 3. The van der Waals surface area contributed by atoms with Crippen molar-refractivity contribution in [2.75, 3.05) is 17.3 Å². The lowest BCUT2D eigenvalue weighted by atomic mass is 10.4. The van der Waals surface area contributed by atoms with Gasteiger partial charge in [0.25, 0.3) is 0 Å². The maximum atomic E-state index is 11.2. The van der Waals surface area contributed by atoms with Gasteiger partial charge in [-0.15, -0.1) is 11.8 Å². The van der Waals surface area contributed by atoms with Crippen molar-refractivity contribution in [2.45, 2.75) is 11.8 Å². The number of rotatable bonds is 5. The van der Waals surface area contributed by atoms with E-state index in [1.165, 1.54) is 0 Å². The lowest BCUT2D eigenvalue weighted by Crippen LogP contribution is -2.10. The van der Waals surface area contributed by atoms with Crippen LogP contribution in [0.2, 0.25) is 0 Å². The fraction of sp³-hybridized carbons (Fsp3) is 0.400. The van der Waals surface area contributed by atoms with Crippen molar-refractivity contribution in [1.29, 1.82) is 0 Å². The van der Waals surface area contributed by atoms with Crippen molar-refractivity contribution < 1.29 is 8.42 Å². The Morgan fingerprint density at radius 2 is 1.86 bits per heavy atom. The minimum atomic E-state index is -2.81. The molecule has 0 saturated heterocycles. The molecule has 0 saturated carbocycles. The second-order valence-corrected chi connectivity index (χ2v) is 6.54. The van der Waals surface area contributed by atoms with E-state index >= 15 is 0 Å². The molecule has 0 aromatic heterocycles. The van der Waals surface area contributed by atoms with Crippen LogP contribution < -0.4 is 0 Å². The summed E-state index contributed by atoms with van der Waals surface area (Å²) in [6, 6.07) is 9.84. The summed E-state index contributed by atoms with van der Waals surface area (Å²) in [6.45, 7) is 1.68. The van der Waals surface area contributed by atoms with Gasteiger partial charge in [0.2, 0.25) is 0 Å². The van der Waals surface area contributed by atoms with Crippen LogP contribution in [0.5, 0.6) is 0 Å². The molecule has 2 nitrogen and oxygen atoms in total. The molecule has 0 heterocycles. The van der Waals surface area contributed by atoms with Crippen molar-refractivity contribution in [1.82, 2.24) is 0 Å². The third kappa shape index (κ3) is 4.15. The maximum absolute atomic E-state index is 11.2. The molecule has 0 aliphatic heterocycles. The van der Waals surface area contributed by atoms with Crippen molar-refractivity contribution in [2.24, 2.45) is 0 Å². The fourth-order valence-corrected chi connectivity index (χ4v) is 3.17. The summed E-state index contributed by atoms with van der Waals surface area (Å²) in [6.07, 6.45) is 0. The van der Waals surface area contributed by atoms with Crippen LogP contribution in [0.3, 0.4) is 0 Å². The second kappa shape index (κ2) is 5.41. The Kier molecular flexibility index (Phi) is 4.48. The largest absolute Gasteiger partial charge is 0.229 e. The van der Waals surface area contributed by atoms with E-state index in [2.05, 4.69) is 0 Å². The summed E-state index contributed by atoms with van der Waals surface area (Å²) in [5.41, 5.74) is 0. The molecule has 0 spiro atoms. The molecule has 0 fully saturated rings. The first kappa shape index (κ1) is 11.6. The summed E-state index contributed by atoms with van der Waals surface area (Å²) < 4.78 is 22.4. The minimum Gasteiger partial charge on any atom is -0.229 e. The number of benzene rings is 1. The summed E-state index contributed by atoms with van der Waals surface area (Å²) in [7, 11) is -2.81. The quantitative estimate of drug-likeness (QED) is 0.727. The van der Waals surface area contributed by atoms with Crippen molar-refractivity contribution in [3.8, 4) is 0 Å². The van der Waals surface area contributed by atoms with E-state index in [9.17, 15) is 8.42 Å². The van der Waals surface area contributed by atoms with Gasteiger partial charge in [0, 0.05) is 16.4 Å². The van der Waals surface area contributed by atoms with Crippen molar-refractivity contribution in [3.05, 3.63) is 30.3 Å². The van der Waals surface area contributed by atoms with E-state index in [1.807, 2.05) is 30.3 Å². The Balaban J connectivity index is 2.37. The van der Waals surface area contributed by atoms with E-state index in [1.54, 1.807) is 18.7 Å². The van der Waals surface area contributed by atoms with Gasteiger partial charge in [0.05, 0.1) is 5.75 Å². The van der Waals surface area contributed by atoms with Crippen LogP contribution in [0, 0.1) is 0 Å². The zero-order chi connectivity index (χ0) is 10.4. The standard InChI is InChI=1S/C10H14O2S2/c1-2-14(11,12)9-8-13-10-6-4-3-5-7-10/h3-7H,2,8-9H2,1H3. The van der Waals surface area contributed by atoms with Crippen LogP contribution in [0.1, 0.15) is 6.92 Å². The Labute approximate surface area is 89.6 Å². The average molecular weight is 230 g/mol. The Morgan fingerprint density at radius 1 is 1.21 bits per heavy atom. The van der Waals surface area contributed by atoms with Gasteiger partial charge in [0.1, 0.15) is 0 Å². The summed E-state index contributed by atoms with van der Waals surface area (Å²) in [4.78, 5) is 1.12. The third-order valence-corrected chi connectivity index (χ3v) is 4.82. The van der Waals surface area contributed by atoms with Crippen LogP contribution in [0.4, 0.5) is 0 Å². The highest BCUT2D eigenvalue weighted by Gasteiger charge is 2.06. The van der Waals surface area contributed by atoms with Gasteiger partial charge >= 0.3 is 0 Å². The second-order valence-electron chi connectivity index (χ2n) is 2.90. The molecular weight excluding hydrogens is 216 g/mol. The van der Waals surface area contributed by atoms with Crippen molar-refractivity contribution in [3.63, 3.8) is 0 Å². The predicted octanol–water partition coefficient (Wildman–Crippen LogP) is 2.21. The average Bonchev–Trinajstić information content (AvgIpc) is 2.19. The molecule has 0 aliphatic carbocycles. The number of sulfone groups is 1. The van der Waals surface area contributed by atoms with Crippen molar-refractivity contribution >= 4 is 21.6 Å². The van der Waals surface area contributed by atoms with Gasteiger partial charge in [-0.05, 0) is 12.1 Å². The molecule has 0 radical (unpaired) electrons. The Hall–Kier alpha value is -0.480. The summed E-state index contributed by atoms with van der Waals surface area (Å²) in [5, 5.41) is 0. The van der Waals surface area contributed by atoms with E-state index in [0.717, 1.165) is 4.90 Å². The van der Waals surface area contributed by atoms with Gasteiger partial charge in [-0.3, -0.25) is 0 Å². The maximum Gasteiger partial charge on any atom is 0.150 e. The molecule has 0 aliphatic rings.